The number of furan rings is 1. The molecule has 0 unspecified atom stereocenters. The molecule has 0 aliphatic carbocycles. The summed E-state index contributed by atoms with van der Waals surface area (Å²) in [7, 11) is 0. The molecule has 1 fully saturated rings. The number of carbonyl (C=O) groups excluding carboxylic acids is 1. The number of nitrogens with one attached hydrogen (secondary N) is 2. The van der Waals surface area contributed by atoms with Crippen molar-refractivity contribution >= 4 is 28.8 Å². The first-order chi connectivity index (χ1) is 15.2. The number of carbonyl (C=O) groups is 1. The zero-order chi connectivity index (χ0) is 21.0. The summed E-state index contributed by atoms with van der Waals surface area (Å²) in [6, 6.07) is 14.3. The average Bonchev–Trinajstić information content (AvgIpc) is 3.57. The van der Waals surface area contributed by atoms with Crippen LogP contribution in [0.25, 0.3) is 11.5 Å². The van der Waals surface area contributed by atoms with Crippen LogP contribution < -0.4 is 15.5 Å². The Bertz CT molecular complexity index is 1160. The molecule has 1 aromatic carbocycles. The van der Waals surface area contributed by atoms with Crippen LogP contribution in [0.4, 0.5) is 22.9 Å². The summed E-state index contributed by atoms with van der Waals surface area (Å²) in [5.74, 6) is 1.21. The normalized spacial score (nSPS) is 13.4. The second-order valence-electron chi connectivity index (χ2n) is 7.20. The Balaban J connectivity index is 1.22. The molecule has 1 amide bonds. The summed E-state index contributed by atoms with van der Waals surface area (Å²) in [5, 5.41) is 18.1. The van der Waals surface area contributed by atoms with Crippen molar-refractivity contribution < 1.29 is 13.7 Å². The molecule has 0 bridgehead atoms. The van der Waals surface area contributed by atoms with E-state index in [2.05, 4.69) is 30.9 Å². The number of aromatic nitrogens is 3. The van der Waals surface area contributed by atoms with E-state index >= 15 is 0 Å². The molecule has 1 aliphatic heterocycles. The number of amides is 1. The van der Waals surface area contributed by atoms with E-state index in [0.717, 1.165) is 24.5 Å². The number of rotatable bonds is 6. The quantitative estimate of drug-likeness (QED) is 0.478. The number of hydrogen-bond acceptors (Lipinski definition) is 8. The maximum atomic E-state index is 12.4. The van der Waals surface area contributed by atoms with E-state index in [1.54, 1.807) is 30.5 Å². The third kappa shape index (κ3) is 4.25. The molecule has 5 rings (SSSR count). The van der Waals surface area contributed by atoms with Crippen molar-refractivity contribution in [1.82, 2.24) is 15.4 Å². The van der Waals surface area contributed by atoms with E-state index < -0.39 is 0 Å². The van der Waals surface area contributed by atoms with Crippen molar-refractivity contribution in [2.75, 3.05) is 28.6 Å². The van der Waals surface area contributed by atoms with Gasteiger partial charge in [-0.3, -0.25) is 4.79 Å². The summed E-state index contributed by atoms with van der Waals surface area (Å²) in [4.78, 5) is 14.7. The van der Waals surface area contributed by atoms with Gasteiger partial charge in [0.05, 0.1) is 18.1 Å². The Hall–Kier alpha value is -4.14. The van der Waals surface area contributed by atoms with Crippen molar-refractivity contribution in [3.63, 3.8) is 0 Å². The van der Waals surface area contributed by atoms with Crippen LogP contribution in [0, 0.1) is 0 Å². The number of hydrogen-bond donors (Lipinski definition) is 2. The first-order valence-electron chi connectivity index (χ1n) is 10.0. The van der Waals surface area contributed by atoms with Crippen LogP contribution in [-0.4, -0.2) is 34.4 Å². The third-order valence-electron chi connectivity index (χ3n) is 5.03. The lowest BCUT2D eigenvalue weighted by atomic mass is 10.2. The van der Waals surface area contributed by atoms with Crippen LogP contribution in [-0.2, 0) is 0 Å². The first-order valence-corrected chi connectivity index (χ1v) is 10.0. The van der Waals surface area contributed by atoms with Crippen molar-refractivity contribution in [2.45, 2.75) is 12.8 Å². The Morgan fingerprint density at radius 3 is 2.58 bits per heavy atom. The molecule has 1 saturated heterocycles. The minimum atomic E-state index is -0.369. The molecule has 31 heavy (non-hydrogen) atoms. The number of anilines is 4. The van der Waals surface area contributed by atoms with Crippen molar-refractivity contribution in [3.05, 3.63) is 66.7 Å². The van der Waals surface area contributed by atoms with Gasteiger partial charge in [0.25, 0.3) is 5.91 Å². The summed E-state index contributed by atoms with van der Waals surface area (Å²) < 4.78 is 10.4. The fourth-order valence-corrected chi connectivity index (χ4v) is 3.46. The van der Waals surface area contributed by atoms with Gasteiger partial charge in [0.15, 0.2) is 17.3 Å². The van der Waals surface area contributed by atoms with Gasteiger partial charge in [0, 0.05) is 36.6 Å². The van der Waals surface area contributed by atoms with Gasteiger partial charge in [-0.1, -0.05) is 5.16 Å². The van der Waals surface area contributed by atoms with Gasteiger partial charge in [-0.2, -0.15) is 5.10 Å². The maximum absolute atomic E-state index is 12.4. The van der Waals surface area contributed by atoms with Gasteiger partial charge in [-0.25, -0.2) is 0 Å². The van der Waals surface area contributed by atoms with Gasteiger partial charge in [0.1, 0.15) is 0 Å². The predicted octanol–water partition coefficient (Wildman–Crippen LogP) is 4.32. The Labute approximate surface area is 178 Å². The zero-order valence-electron chi connectivity index (χ0n) is 16.6. The van der Waals surface area contributed by atoms with Crippen LogP contribution in [0.2, 0.25) is 0 Å². The van der Waals surface area contributed by atoms with Gasteiger partial charge >= 0.3 is 0 Å². The molecule has 1 aliphatic rings. The average molecular weight is 416 g/mol. The Morgan fingerprint density at radius 2 is 1.81 bits per heavy atom. The minimum Gasteiger partial charge on any atom is -0.461 e. The van der Waals surface area contributed by atoms with E-state index in [1.807, 2.05) is 18.2 Å². The molecule has 0 radical (unpaired) electrons. The third-order valence-corrected chi connectivity index (χ3v) is 5.03. The van der Waals surface area contributed by atoms with E-state index in [-0.39, 0.29) is 11.6 Å². The van der Waals surface area contributed by atoms with Gasteiger partial charge in [0.2, 0.25) is 5.76 Å². The monoisotopic (exact) mass is 416 g/mol. The second kappa shape index (κ2) is 8.31. The molecule has 9 nitrogen and oxygen atoms in total. The zero-order valence-corrected chi connectivity index (χ0v) is 16.6. The van der Waals surface area contributed by atoms with E-state index in [4.69, 9.17) is 8.94 Å². The summed E-state index contributed by atoms with van der Waals surface area (Å²) in [6.45, 7) is 2.10. The minimum absolute atomic E-state index is 0.169. The Kier molecular flexibility index (Phi) is 5.05. The van der Waals surface area contributed by atoms with Crippen LogP contribution >= 0.6 is 0 Å². The number of nitrogens with zero attached hydrogens (tertiary/aromatic N) is 4. The predicted molar refractivity (Wildman–Crippen MR) is 115 cm³/mol. The maximum Gasteiger partial charge on any atom is 0.277 e. The SMILES string of the molecule is O=C(Nc1ccc(Nc2cc(N3CCCC3)cnn2)cc1)c1cc(-c2ccco2)on1. The molecular weight excluding hydrogens is 396 g/mol. The number of benzene rings is 1. The summed E-state index contributed by atoms with van der Waals surface area (Å²) in [5.41, 5.74) is 2.71. The highest BCUT2D eigenvalue weighted by molar-refractivity contribution is 6.03. The molecule has 4 aromatic rings. The molecule has 9 heteroatoms. The van der Waals surface area contributed by atoms with Crippen molar-refractivity contribution in [3.8, 4) is 11.5 Å². The highest BCUT2D eigenvalue weighted by atomic mass is 16.5. The molecule has 0 spiro atoms. The largest absolute Gasteiger partial charge is 0.461 e. The fourth-order valence-electron chi connectivity index (χ4n) is 3.46. The molecular formula is C22H20N6O3. The van der Waals surface area contributed by atoms with Gasteiger partial charge < -0.3 is 24.5 Å². The van der Waals surface area contributed by atoms with E-state index in [0.29, 0.717) is 23.0 Å². The molecule has 3 aromatic heterocycles. The fraction of sp³-hybridized carbons (Fsp3) is 0.182. The Morgan fingerprint density at radius 1 is 1.00 bits per heavy atom. The van der Waals surface area contributed by atoms with Crippen molar-refractivity contribution in [1.29, 1.82) is 0 Å². The van der Waals surface area contributed by atoms with Crippen LogP contribution in [0.1, 0.15) is 23.3 Å². The van der Waals surface area contributed by atoms with E-state index in [9.17, 15) is 4.79 Å². The van der Waals surface area contributed by atoms with Gasteiger partial charge in [-0.15, -0.1) is 5.10 Å². The standard InChI is InChI=1S/C22H20N6O3/c29-22(18-13-20(31-27-18)19-4-3-11-30-19)25-16-7-5-15(6-8-16)24-21-12-17(14-23-26-21)28-9-1-2-10-28/h3-8,11-14H,1-2,9-10H2,(H,24,26)(H,25,29). The lowest BCUT2D eigenvalue weighted by Crippen LogP contribution is -2.18. The van der Waals surface area contributed by atoms with Crippen LogP contribution in [0.5, 0.6) is 0 Å². The second-order valence-corrected chi connectivity index (χ2v) is 7.20. The molecule has 0 saturated carbocycles. The topological polar surface area (TPSA) is 109 Å². The molecule has 4 heterocycles. The summed E-state index contributed by atoms with van der Waals surface area (Å²) in [6.07, 6.45) is 5.73. The highest BCUT2D eigenvalue weighted by Crippen LogP contribution is 2.24. The lowest BCUT2D eigenvalue weighted by molar-refractivity contribution is 0.101. The van der Waals surface area contributed by atoms with E-state index in [1.165, 1.54) is 25.2 Å². The van der Waals surface area contributed by atoms with Crippen LogP contribution in [0.15, 0.2) is 69.9 Å². The lowest BCUT2D eigenvalue weighted by Gasteiger charge is -2.17. The van der Waals surface area contributed by atoms with Gasteiger partial charge in [-0.05, 0) is 49.2 Å². The van der Waals surface area contributed by atoms with Crippen LogP contribution in [0.3, 0.4) is 0 Å². The smallest absolute Gasteiger partial charge is 0.277 e. The van der Waals surface area contributed by atoms with Crippen molar-refractivity contribution in [2.24, 2.45) is 0 Å². The molecule has 156 valence electrons. The highest BCUT2D eigenvalue weighted by Gasteiger charge is 2.16. The molecule has 2 N–H and O–H groups in total. The summed E-state index contributed by atoms with van der Waals surface area (Å²) >= 11 is 0. The first kappa shape index (κ1) is 18.9. The molecule has 0 atom stereocenters.